The van der Waals surface area contributed by atoms with Gasteiger partial charge in [-0.25, -0.2) is 9.97 Å². The van der Waals surface area contributed by atoms with Gasteiger partial charge in [0.05, 0.1) is 10.2 Å². The van der Waals surface area contributed by atoms with Gasteiger partial charge >= 0.3 is 0 Å². The van der Waals surface area contributed by atoms with E-state index in [0.29, 0.717) is 6.61 Å². The van der Waals surface area contributed by atoms with Crippen LogP contribution in [0.4, 0.5) is 5.82 Å². The monoisotopic (exact) mass is 343 g/mol. The standard InChI is InChI=1S/C15H26BrN3O/c1-8-15(6,20-9-2)13-18-11(14(3,4)5)10(16)12(17-7)19-13/h8-9H2,1-7H3,(H,17,18,19). The van der Waals surface area contributed by atoms with Crippen LogP contribution in [-0.2, 0) is 15.8 Å². The van der Waals surface area contributed by atoms with E-state index in [1.807, 2.05) is 20.9 Å². The molecule has 0 bridgehead atoms. The normalized spacial score (nSPS) is 15.0. The summed E-state index contributed by atoms with van der Waals surface area (Å²) < 4.78 is 6.83. The summed E-state index contributed by atoms with van der Waals surface area (Å²) in [7, 11) is 1.87. The Balaban J connectivity index is 3.49. The molecule has 1 N–H and O–H groups in total. The highest BCUT2D eigenvalue weighted by Gasteiger charge is 2.32. The molecular formula is C15H26BrN3O. The predicted molar refractivity (Wildman–Crippen MR) is 87.2 cm³/mol. The number of hydrogen-bond donors (Lipinski definition) is 1. The van der Waals surface area contributed by atoms with Crippen LogP contribution in [0, 0.1) is 0 Å². The maximum atomic E-state index is 5.90. The van der Waals surface area contributed by atoms with Crippen molar-refractivity contribution in [2.45, 2.75) is 59.0 Å². The molecule has 5 heteroatoms. The maximum Gasteiger partial charge on any atom is 0.162 e. The lowest BCUT2D eigenvalue weighted by Gasteiger charge is -2.29. The quantitative estimate of drug-likeness (QED) is 0.868. The highest BCUT2D eigenvalue weighted by atomic mass is 79.9. The Morgan fingerprint density at radius 2 is 1.75 bits per heavy atom. The molecule has 1 aromatic heterocycles. The molecule has 0 aliphatic rings. The lowest BCUT2D eigenvalue weighted by Crippen LogP contribution is -2.30. The summed E-state index contributed by atoms with van der Waals surface area (Å²) >= 11 is 3.61. The van der Waals surface area contributed by atoms with Gasteiger partial charge < -0.3 is 10.1 Å². The summed E-state index contributed by atoms with van der Waals surface area (Å²) in [5, 5.41) is 3.13. The first-order valence-corrected chi connectivity index (χ1v) is 7.89. The van der Waals surface area contributed by atoms with Gasteiger partial charge in [-0.1, -0.05) is 27.7 Å². The van der Waals surface area contributed by atoms with Crippen LogP contribution in [0.3, 0.4) is 0 Å². The van der Waals surface area contributed by atoms with Crippen LogP contribution in [0.15, 0.2) is 4.47 Å². The molecule has 0 saturated carbocycles. The summed E-state index contributed by atoms with van der Waals surface area (Å²) in [6.45, 7) is 13.2. The molecular weight excluding hydrogens is 318 g/mol. The second-order valence-electron chi connectivity index (χ2n) is 6.08. The number of ether oxygens (including phenoxy) is 1. The van der Waals surface area contributed by atoms with Crippen LogP contribution < -0.4 is 5.32 Å². The summed E-state index contributed by atoms with van der Waals surface area (Å²) in [4.78, 5) is 9.42. The highest BCUT2D eigenvalue weighted by Crippen LogP contribution is 2.35. The zero-order valence-corrected chi connectivity index (χ0v) is 15.2. The topological polar surface area (TPSA) is 47.0 Å². The van der Waals surface area contributed by atoms with Crippen LogP contribution in [-0.4, -0.2) is 23.6 Å². The molecule has 1 unspecified atom stereocenters. The first-order valence-electron chi connectivity index (χ1n) is 7.09. The van der Waals surface area contributed by atoms with Crippen molar-refractivity contribution in [3.63, 3.8) is 0 Å². The largest absolute Gasteiger partial charge is 0.372 e. The van der Waals surface area contributed by atoms with Crippen molar-refractivity contribution in [2.75, 3.05) is 19.0 Å². The summed E-state index contributed by atoms with van der Waals surface area (Å²) in [6, 6.07) is 0. The van der Waals surface area contributed by atoms with Crippen molar-refractivity contribution in [3.05, 3.63) is 16.0 Å². The molecule has 0 fully saturated rings. The molecule has 20 heavy (non-hydrogen) atoms. The van der Waals surface area contributed by atoms with Gasteiger partial charge in [0.25, 0.3) is 0 Å². The zero-order chi connectivity index (χ0) is 15.6. The van der Waals surface area contributed by atoms with E-state index >= 15 is 0 Å². The van der Waals surface area contributed by atoms with Crippen molar-refractivity contribution in [1.82, 2.24) is 9.97 Å². The first-order chi connectivity index (χ1) is 9.19. The molecule has 0 aliphatic carbocycles. The third-order valence-electron chi connectivity index (χ3n) is 3.41. The van der Waals surface area contributed by atoms with Crippen LogP contribution in [0.5, 0.6) is 0 Å². The number of halogens is 1. The van der Waals surface area contributed by atoms with E-state index in [0.717, 1.165) is 28.2 Å². The number of anilines is 1. The lowest BCUT2D eigenvalue weighted by molar-refractivity contribution is -0.0392. The second-order valence-corrected chi connectivity index (χ2v) is 6.87. The highest BCUT2D eigenvalue weighted by molar-refractivity contribution is 9.10. The number of rotatable bonds is 5. The lowest BCUT2D eigenvalue weighted by atomic mass is 9.91. The van der Waals surface area contributed by atoms with Gasteiger partial charge in [-0.15, -0.1) is 0 Å². The second kappa shape index (κ2) is 6.39. The molecule has 1 aromatic rings. The Labute approximate surface area is 130 Å². The third-order valence-corrected chi connectivity index (χ3v) is 4.16. The van der Waals surface area contributed by atoms with E-state index in [9.17, 15) is 0 Å². The van der Waals surface area contributed by atoms with E-state index in [1.165, 1.54) is 0 Å². The van der Waals surface area contributed by atoms with Crippen molar-refractivity contribution >= 4 is 21.7 Å². The average Bonchev–Trinajstić information content (AvgIpc) is 2.37. The van der Waals surface area contributed by atoms with Crippen LogP contribution >= 0.6 is 15.9 Å². The number of hydrogen-bond acceptors (Lipinski definition) is 4. The van der Waals surface area contributed by atoms with E-state index in [-0.39, 0.29) is 5.41 Å². The van der Waals surface area contributed by atoms with Crippen LogP contribution in [0.25, 0.3) is 0 Å². The van der Waals surface area contributed by atoms with Crippen molar-refractivity contribution in [2.24, 2.45) is 0 Å². The maximum absolute atomic E-state index is 5.90. The SMILES string of the molecule is CCOC(C)(CC)c1nc(NC)c(Br)c(C(C)(C)C)n1. The minimum atomic E-state index is -0.457. The van der Waals surface area contributed by atoms with Gasteiger partial charge in [-0.3, -0.25) is 0 Å². The molecule has 0 aliphatic heterocycles. The fraction of sp³-hybridized carbons (Fsp3) is 0.733. The molecule has 0 spiro atoms. The molecule has 1 heterocycles. The molecule has 0 aromatic carbocycles. The van der Waals surface area contributed by atoms with Gasteiger partial charge in [0.1, 0.15) is 11.4 Å². The zero-order valence-electron chi connectivity index (χ0n) is 13.6. The van der Waals surface area contributed by atoms with Gasteiger partial charge in [0.2, 0.25) is 0 Å². The summed E-state index contributed by atoms with van der Waals surface area (Å²) in [5.41, 5.74) is 0.468. The van der Waals surface area contributed by atoms with Gasteiger partial charge in [-0.05, 0) is 36.2 Å². The Kier molecular flexibility index (Phi) is 5.55. The number of aromatic nitrogens is 2. The minimum absolute atomic E-state index is 0.0665. The Bertz CT molecular complexity index is 471. The van der Waals surface area contributed by atoms with E-state index in [2.05, 4.69) is 53.9 Å². The van der Waals surface area contributed by atoms with Gasteiger partial charge in [0.15, 0.2) is 5.82 Å². The summed E-state index contributed by atoms with van der Waals surface area (Å²) in [6.07, 6.45) is 0.829. The first kappa shape index (κ1) is 17.4. The fourth-order valence-electron chi connectivity index (χ4n) is 1.99. The van der Waals surface area contributed by atoms with Crippen molar-refractivity contribution < 1.29 is 4.74 Å². The van der Waals surface area contributed by atoms with E-state index in [4.69, 9.17) is 9.72 Å². The summed E-state index contributed by atoms with van der Waals surface area (Å²) in [5.74, 6) is 1.54. The Hall–Kier alpha value is -0.680. The third kappa shape index (κ3) is 3.50. The molecule has 4 nitrogen and oxygen atoms in total. The van der Waals surface area contributed by atoms with Gasteiger partial charge in [0, 0.05) is 19.1 Å². The molecule has 0 saturated heterocycles. The fourth-order valence-corrected chi connectivity index (χ4v) is 2.96. The molecule has 1 rings (SSSR count). The van der Waals surface area contributed by atoms with E-state index < -0.39 is 5.60 Å². The van der Waals surface area contributed by atoms with Crippen LogP contribution in [0.2, 0.25) is 0 Å². The number of nitrogens with one attached hydrogen (secondary N) is 1. The van der Waals surface area contributed by atoms with Crippen molar-refractivity contribution in [1.29, 1.82) is 0 Å². The average molecular weight is 344 g/mol. The molecule has 1 atom stereocenters. The minimum Gasteiger partial charge on any atom is -0.372 e. The Morgan fingerprint density at radius 3 is 2.15 bits per heavy atom. The molecule has 0 amide bonds. The van der Waals surface area contributed by atoms with Crippen molar-refractivity contribution in [3.8, 4) is 0 Å². The molecule has 114 valence electrons. The predicted octanol–water partition coefficient (Wildman–Crippen LogP) is 4.24. The van der Waals surface area contributed by atoms with Gasteiger partial charge in [-0.2, -0.15) is 0 Å². The number of nitrogens with zero attached hydrogens (tertiary/aromatic N) is 2. The van der Waals surface area contributed by atoms with Crippen LogP contribution in [0.1, 0.15) is 59.5 Å². The molecule has 0 radical (unpaired) electrons. The van der Waals surface area contributed by atoms with E-state index in [1.54, 1.807) is 0 Å². The Morgan fingerprint density at radius 1 is 1.15 bits per heavy atom. The smallest absolute Gasteiger partial charge is 0.162 e.